The van der Waals surface area contributed by atoms with Gasteiger partial charge in [0.05, 0.1) is 24.7 Å². The predicted octanol–water partition coefficient (Wildman–Crippen LogP) is 4.46. The zero-order valence-electron chi connectivity index (χ0n) is 14.6. The molecule has 1 aliphatic heterocycles. The Morgan fingerprint density at radius 2 is 1.70 bits per heavy atom. The molecule has 1 aliphatic rings. The summed E-state index contributed by atoms with van der Waals surface area (Å²) in [5, 5.41) is 13.3. The van der Waals surface area contributed by atoms with E-state index in [0.717, 1.165) is 21.6 Å². The number of rotatable bonds is 4. The maximum Gasteiger partial charge on any atom is 0.237 e. The van der Waals surface area contributed by atoms with E-state index in [2.05, 4.69) is 11.4 Å². The molecule has 0 saturated carbocycles. The van der Waals surface area contributed by atoms with Gasteiger partial charge >= 0.3 is 0 Å². The van der Waals surface area contributed by atoms with Gasteiger partial charge in [0.1, 0.15) is 11.1 Å². The normalized spacial score (nSPS) is 13.0. The van der Waals surface area contributed by atoms with Crippen molar-refractivity contribution in [3.05, 3.63) is 87.8 Å². The lowest BCUT2D eigenvalue weighted by atomic mass is 9.90. The van der Waals surface area contributed by atoms with Crippen LogP contribution in [-0.2, 0) is 22.6 Å². The third-order valence-corrected chi connectivity index (χ3v) is 5.82. The number of hydrogen-bond acceptors (Lipinski definition) is 4. The van der Waals surface area contributed by atoms with Crippen LogP contribution in [-0.4, -0.2) is 12.5 Å². The van der Waals surface area contributed by atoms with E-state index in [9.17, 15) is 10.1 Å². The Kier molecular flexibility index (Phi) is 5.01. The van der Waals surface area contributed by atoms with Crippen LogP contribution in [0.5, 0.6) is 0 Å². The number of thiophene rings is 1. The maximum atomic E-state index is 13.2. The minimum absolute atomic E-state index is 0.136. The summed E-state index contributed by atoms with van der Waals surface area (Å²) in [5.74, 6) is -0.572. The third-order valence-electron chi connectivity index (χ3n) is 4.70. The van der Waals surface area contributed by atoms with E-state index in [4.69, 9.17) is 4.74 Å². The topological polar surface area (TPSA) is 62.1 Å². The zero-order chi connectivity index (χ0) is 18.6. The Balaban J connectivity index is 1.70. The van der Waals surface area contributed by atoms with Crippen LogP contribution in [0.3, 0.4) is 0 Å². The van der Waals surface area contributed by atoms with Crippen molar-refractivity contribution < 1.29 is 9.53 Å². The van der Waals surface area contributed by atoms with Gasteiger partial charge in [-0.3, -0.25) is 4.79 Å². The van der Waals surface area contributed by atoms with Gasteiger partial charge in [-0.1, -0.05) is 60.7 Å². The van der Waals surface area contributed by atoms with Crippen molar-refractivity contribution in [3.63, 3.8) is 0 Å². The Morgan fingerprint density at radius 3 is 2.30 bits per heavy atom. The van der Waals surface area contributed by atoms with Crippen molar-refractivity contribution in [1.82, 2.24) is 0 Å². The summed E-state index contributed by atoms with van der Waals surface area (Å²) < 4.78 is 5.49. The average molecular weight is 374 g/mol. The number of nitrogens with one attached hydrogen (secondary N) is 1. The number of carbonyl (C=O) groups excluding carboxylic acids is 1. The van der Waals surface area contributed by atoms with Crippen LogP contribution in [0.25, 0.3) is 0 Å². The van der Waals surface area contributed by atoms with Crippen LogP contribution in [0.15, 0.2) is 60.7 Å². The number of nitrogens with zero attached hydrogens (tertiary/aromatic N) is 1. The lowest BCUT2D eigenvalue weighted by Crippen LogP contribution is -2.22. The van der Waals surface area contributed by atoms with E-state index in [-0.39, 0.29) is 5.91 Å². The van der Waals surface area contributed by atoms with E-state index in [1.54, 1.807) is 0 Å². The second-order valence-electron chi connectivity index (χ2n) is 6.37. The standard InChI is InChI=1S/C22H18N2O2S/c23-13-18-17-11-12-26-14-19(17)27-22(18)24-21(25)20(15-7-3-1-4-8-15)16-9-5-2-6-10-16/h1-10,20H,11-12,14H2,(H,24,25). The van der Waals surface area contributed by atoms with Crippen molar-refractivity contribution in [1.29, 1.82) is 5.26 Å². The molecule has 1 aromatic heterocycles. The summed E-state index contributed by atoms with van der Waals surface area (Å²) in [7, 11) is 0. The van der Waals surface area contributed by atoms with Gasteiger partial charge in [-0.05, 0) is 23.1 Å². The number of amides is 1. The van der Waals surface area contributed by atoms with Gasteiger partial charge < -0.3 is 10.1 Å². The number of ether oxygens (including phenoxy) is 1. The SMILES string of the molecule is N#Cc1c(NC(=O)C(c2ccccc2)c2ccccc2)sc2c1CCOC2. The molecule has 0 radical (unpaired) electrons. The van der Waals surface area contributed by atoms with E-state index >= 15 is 0 Å². The predicted molar refractivity (Wildman–Crippen MR) is 106 cm³/mol. The molecule has 0 aliphatic carbocycles. The molecule has 0 saturated heterocycles. The molecule has 2 aromatic carbocycles. The smallest absolute Gasteiger partial charge is 0.237 e. The molecule has 27 heavy (non-hydrogen) atoms. The number of benzene rings is 2. The molecule has 0 spiro atoms. The van der Waals surface area contributed by atoms with Crippen LogP contribution in [0.2, 0.25) is 0 Å². The highest BCUT2D eigenvalue weighted by molar-refractivity contribution is 7.16. The summed E-state index contributed by atoms with van der Waals surface area (Å²) in [6.45, 7) is 1.12. The highest BCUT2D eigenvalue weighted by Gasteiger charge is 2.26. The van der Waals surface area contributed by atoms with Crippen LogP contribution >= 0.6 is 11.3 Å². The average Bonchev–Trinajstić information content (AvgIpc) is 3.06. The van der Waals surface area contributed by atoms with Gasteiger partial charge in [0.25, 0.3) is 0 Å². The third kappa shape index (κ3) is 3.50. The summed E-state index contributed by atoms with van der Waals surface area (Å²) >= 11 is 1.44. The molecule has 0 atom stereocenters. The molecule has 0 fully saturated rings. The summed E-state index contributed by atoms with van der Waals surface area (Å²) in [4.78, 5) is 14.3. The first-order valence-electron chi connectivity index (χ1n) is 8.81. The first kappa shape index (κ1) is 17.5. The number of anilines is 1. The fraction of sp³-hybridized carbons (Fsp3) is 0.182. The first-order chi connectivity index (χ1) is 13.3. The largest absolute Gasteiger partial charge is 0.376 e. The van der Waals surface area contributed by atoms with Crippen molar-refractivity contribution in [2.45, 2.75) is 18.9 Å². The molecule has 4 rings (SSSR count). The summed E-state index contributed by atoms with van der Waals surface area (Å²) in [5.41, 5.74) is 3.43. The Labute approximate surface area is 162 Å². The van der Waals surface area contributed by atoms with Gasteiger partial charge in [0.15, 0.2) is 0 Å². The van der Waals surface area contributed by atoms with Gasteiger partial charge in [-0.15, -0.1) is 11.3 Å². The second-order valence-corrected chi connectivity index (χ2v) is 7.47. The summed E-state index contributed by atoms with van der Waals surface area (Å²) in [6.07, 6.45) is 0.714. The van der Waals surface area contributed by atoms with Crippen molar-refractivity contribution in [3.8, 4) is 6.07 Å². The van der Waals surface area contributed by atoms with Crippen LogP contribution in [0.1, 0.15) is 33.0 Å². The van der Waals surface area contributed by atoms with Crippen LogP contribution in [0.4, 0.5) is 5.00 Å². The lowest BCUT2D eigenvalue weighted by molar-refractivity contribution is -0.116. The molecule has 134 valence electrons. The van der Waals surface area contributed by atoms with Gasteiger partial charge in [0, 0.05) is 4.88 Å². The molecule has 0 unspecified atom stereocenters. The highest BCUT2D eigenvalue weighted by atomic mass is 32.1. The molecular weight excluding hydrogens is 356 g/mol. The number of fused-ring (bicyclic) bond motifs is 1. The number of nitriles is 1. The monoisotopic (exact) mass is 374 g/mol. The van der Waals surface area contributed by atoms with E-state index in [1.807, 2.05) is 60.7 Å². The molecule has 3 aromatic rings. The van der Waals surface area contributed by atoms with Crippen molar-refractivity contribution >= 4 is 22.2 Å². The number of carbonyl (C=O) groups is 1. The van der Waals surface area contributed by atoms with Crippen molar-refractivity contribution in [2.75, 3.05) is 11.9 Å². The molecule has 0 bridgehead atoms. The van der Waals surface area contributed by atoms with Crippen LogP contribution in [0, 0.1) is 11.3 Å². The fourth-order valence-corrected chi connectivity index (χ4v) is 4.55. The fourth-order valence-electron chi connectivity index (χ4n) is 3.41. The zero-order valence-corrected chi connectivity index (χ0v) is 15.5. The molecule has 1 amide bonds. The van der Waals surface area contributed by atoms with E-state index in [1.165, 1.54) is 11.3 Å². The van der Waals surface area contributed by atoms with Gasteiger partial charge in [-0.25, -0.2) is 0 Å². The second kappa shape index (κ2) is 7.75. The number of hydrogen-bond donors (Lipinski definition) is 1. The Morgan fingerprint density at radius 1 is 1.07 bits per heavy atom. The lowest BCUT2D eigenvalue weighted by Gasteiger charge is -2.17. The van der Waals surface area contributed by atoms with Gasteiger partial charge in [0.2, 0.25) is 5.91 Å². The molecule has 2 heterocycles. The van der Waals surface area contributed by atoms with E-state index < -0.39 is 5.92 Å². The Bertz CT molecular complexity index is 951. The van der Waals surface area contributed by atoms with E-state index in [0.29, 0.717) is 30.2 Å². The molecule has 5 heteroatoms. The quantitative estimate of drug-likeness (QED) is 0.733. The van der Waals surface area contributed by atoms with Gasteiger partial charge in [-0.2, -0.15) is 5.26 Å². The van der Waals surface area contributed by atoms with Crippen LogP contribution < -0.4 is 5.32 Å². The molecular formula is C22H18N2O2S. The summed E-state index contributed by atoms with van der Waals surface area (Å²) in [6, 6.07) is 21.7. The molecule has 4 nitrogen and oxygen atoms in total. The first-order valence-corrected chi connectivity index (χ1v) is 9.62. The highest BCUT2D eigenvalue weighted by Crippen LogP contribution is 2.37. The molecule has 1 N–H and O–H groups in total. The Hall–Kier alpha value is -2.94. The maximum absolute atomic E-state index is 13.2. The minimum Gasteiger partial charge on any atom is -0.376 e. The van der Waals surface area contributed by atoms with Crippen molar-refractivity contribution in [2.24, 2.45) is 0 Å². The minimum atomic E-state index is -0.436.